The van der Waals surface area contributed by atoms with Crippen LogP contribution >= 0.6 is 0 Å². The molecule has 0 aliphatic heterocycles. The van der Waals surface area contributed by atoms with Crippen molar-refractivity contribution in [2.75, 3.05) is 26.4 Å². The molecule has 98 heavy (non-hydrogen) atoms. The van der Waals surface area contributed by atoms with Crippen LogP contribution < -0.4 is 0 Å². The van der Waals surface area contributed by atoms with Crippen molar-refractivity contribution in [2.24, 2.45) is 5.41 Å². The number of unbranched alkanes of at least 4 members (excludes halogenated alkanes) is 5. The van der Waals surface area contributed by atoms with Crippen LogP contribution in [0.15, 0.2) is 0 Å². The highest BCUT2D eigenvalue weighted by atomic mass is 19.5. The molecule has 0 unspecified atom stereocenters. The van der Waals surface area contributed by atoms with E-state index >= 15 is 17.6 Å². The van der Waals surface area contributed by atoms with Gasteiger partial charge in [-0.3, -0.25) is 0 Å². The molecule has 0 N–H and O–H groups in total. The summed E-state index contributed by atoms with van der Waals surface area (Å²) >= 11 is 0. The van der Waals surface area contributed by atoms with E-state index in [1.54, 1.807) is 0 Å². The summed E-state index contributed by atoms with van der Waals surface area (Å²) in [7, 11) is 0. The van der Waals surface area contributed by atoms with Crippen LogP contribution in [0.1, 0.15) is 103 Å². The number of ether oxygens (including phenoxy) is 2. The lowest BCUT2D eigenvalue weighted by Crippen LogP contribution is -2.74. The van der Waals surface area contributed by atoms with Gasteiger partial charge in [0, 0.05) is 39.1 Å². The summed E-state index contributed by atoms with van der Waals surface area (Å²) < 4.78 is 719. The molecule has 0 aromatic rings. The van der Waals surface area contributed by atoms with E-state index in [0.29, 0.717) is 0 Å². The molecule has 53 heteroatoms. The van der Waals surface area contributed by atoms with Gasteiger partial charge in [-0.25, -0.2) is 0 Å². The first-order chi connectivity index (χ1) is 42.4. The van der Waals surface area contributed by atoms with Crippen LogP contribution in [0.5, 0.6) is 0 Å². The third-order valence-electron chi connectivity index (χ3n) is 14.3. The highest BCUT2D eigenvalue weighted by Crippen LogP contribution is 2.69. The van der Waals surface area contributed by atoms with E-state index in [2.05, 4.69) is 0 Å². The van der Waals surface area contributed by atoms with Crippen molar-refractivity contribution in [1.29, 1.82) is 0 Å². The predicted molar refractivity (Wildman–Crippen MR) is 221 cm³/mol. The highest BCUT2D eigenvalue weighted by Gasteiger charge is 2.98. The monoisotopic (exact) mass is 1580 g/mol. The van der Waals surface area contributed by atoms with Crippen LogP contribution in [-0.2, 0) is 9.47 Å². The maximum Gasteiger partial charge on any atom is 0.460 e. The largest absolute Gasteiger partial charge is 0.460 e. The molecule has 0 aliphatic rings. The SMILES string of the molecule is CCCOCCCCOCC(CCCCCC(F)(F)C(F)(F)C(F)(F)C(F)(F)C(F)(F)C(F)(F)C(F)(F)C(F)(F)F)(CCCCCC(F)(F)C(F)(F)C(F)(F)C(F)(F)C(F)(F)C(F)(F)C(F)(F)C(F)(F)F)CCC(F)(F)C(F)(F)C(F)(F)C(F)(F)C(F)(F)C(F)(F)C(F)(F)C(F)(F)F. The summed E-state index contributed by atoms with van der Waals surface area (Å²) in [5.74, 6) is -183. The first-order valence-electron chi connectivity index (χ1n) is 25.7. The topological polar surface area (TPSA) is 18.5 Å². The zero-order valence-electron chi connectivity index (χ0n) is 47.0. The molecule has 0 fully saturated rings. The van der Waals surface area contributed by atoms with Crippen molar-refractivity contribution in [2.45, 2.75) is 246 Å². The molecule has 590 valence electrons. The standard InChI is InChI=1S/C45H41F51O2/c1-2-17-97-18-9-10-19-98-20-21(15-16-24(50,51)27(56,57)30(62,63)33(68,69)36(74,75)39(80,81)42(86,87)45(94,95)96,11-5-3-7-13-22(46,47)25(52,53)28(58,59)31(64,65)34(70,71)37(76,77)40(82,83)43(88,89)90)12-6-4-8-14-23(48,49)26(54,55)29(60,61)32(66,67)35(72,73)38(78,79)41(84,85)44(91,92)93/h2-20H2,1H3. The number of halogens is 51. The molecule has 0 radical (unpaired) electrons. The van der Waals surface area contributed by atoms with Crippen LogP contribution in [-0.4, -0.2) is 169 Å². The van der Waals surface area contributed by atoms with E-state index in [9.17, 15) is 206 Å². The lowest BCUT2D eigenvalue weighted by Gasteiger charge is -2.43. The number of alkyl halides is 51. The van der Waals surface area contributed by atoms with Gasteiger partial charge in [0.15, 0.2) is 0 Å². The first-order valence-corrected chi connectivity index (χ1v) is 25.7. The number of rotatable bonds is 42. The molecule has 0 rings (SSSR count). The van der Waals surface area contributed by atoms with Crippen molar-refractivity contribution < 1.29 is 233 Å². The van der Waals surface area contributed by atoms with Gasteiger partial charge in [-0.2, -0.15) is 224 Å². The predicted octanol–water partition coefficient (Wildman–Crippen LogP) is 22.9. The van der Waals surface area contributed by atoms with Gasteiger partial charge in [-0.1, -0.05) is 32.6 Å². The summed E-state index contributed by atoms with van der Waals surface area (Å²) in [5, 5.41) is 0. The smallest absolute Gasteiger partial charge is 0.381 e. The Morgan fingerprint density at radius 1 is 0.173 bits per heavy atom. The average molecular weight is 1580 g/mol. The maximum atomic E-state index is 15.4. The Labute approximate surface area is 511 Å². The third-order valence-corrected chi connectivity index (χ3v) is 14.3. The quantitative estimate of drug-likeness (QED) is 0.0448. The Balaban J connectivity index is 8.04. The average Bonchev–Trinajstić information content (AvgIpc) is 0.708. The van der Waals surface area contributed by atoms with Gasteiger partial charge < -0.3 is 9.47 Å². The molecule has 0 aliphatic carbocycles. The van der Waals surface area contributed by atoms with Crippen molar-refractivity contribution in [3.63, 3.8) is 0 Å². The highest BCUT2D eigenvalue weighted by molar-refractivity contribution is 5.18. The second-order valence-corrected chi connectivity index (χ2v) is 21.4. The second kappa shape index (κ2) is 28.4. The van der Waals surface area contributed by atoms with Crippen LogP contribution in [0.4, 0.5) is 224 Å². The molecule has 0 saturated carbocycles. The molecular formula is C45H41F51O2. The van der Waals surface area contributed by atoms with Crippen LogP contribution in [0.25, 0.3) is 0 Å². The van der Waals surface area contributed by atoms with Gasteiger partial charge in [0.2, 0.25) is 0 Å². The zero-order valence-corrected chi connectivity index (χ0v) is 47.0. The fourth-order valence-electron chi connectivity index (χ4n) is 8.06. The fourth-order valence-corrected chi connectivity index (χ4v) is 8.06. The third kappa shape index (κ3) is 15.4. The molecule has 0 aromatic carbocycles. The Morgan fingerprint density at radius 2 is 0.367 bits per heavy atom. The Hall–Kier alpha value is -3.65. The molecule has 0 atom stereocenters. The lowest BCUT2D eigenvalue weighted by molar-refractivity contribution is -0.462. The van der Waals surface area contributed by atoms with Gasteiger partial charge in [0.1, 0.15) is 0 Å². The summed E-state index contributed by atoms with van der Waals surface area (Å²) in [5.41, 5.74) is -3.35. The Kier molecular flexibility index (Phi) is 27.4. The van der Waals surface area contributed by atoms with E-state index in [0.717, 1.165) is 0 Å². The first kappa shape index (κ1) is 94.4. The van der Waals surface area contributed by atoms with E-state index < -0.39 is 245 Å². The minimum absolute atomic E-state index is 0.0890. The van der Waals surface area contributed by atoms with E-state index in [1.807, 2.05) is 0 Å². The van der Waals surface area contributed by atoms with Crippen molar-refractivity contribution >= 4 is 0 Å². The second-order valence-electron chi connectivity index (χ2n) is 21.4. The van der Waals surface area contributed by atoms with Gasteiger partial charge in [-0.15, -0.1) is 0 Å². The molecule has 0 heterocycles. The van der Waals surface area contributed by atoms with Crippen LogP contribution in [0.3, 0.4) is 0 Å². The summed E-state index contributed by atoms with van der Waals surface area (Å²) in [6.45, 7) is -1.93. The number of hydrogen-bond donors (Lipinski definition) is 0. The minimum atomic E-state index is -9.33. The molecular weight excluding hydrogens is 1540 g/mol. The van der Waals surface area contributed by atoms with E-state index in [1.165, 1.54) is 6.92 Å². The lowest BCUT2D eigenvalue weighted by atomic mass is 9.73. The van der Waals surface area contributed by atoms with Gasteiger partial charge in [0.25, 0.3) is 0 Å². The molecule has 0 saturated heterocycles. The normalized spacial score (nSPS) is 16.4. The van der Waals surface area contributed by atoms with Crippen LogP contribution in [0, 0.1) is 5.41 Å². The molecule has 0 aromatic heterocycles. The Bertz CT molecular complexity index is 2420. The zero-order chi connectivity index (χ0) is 79.3. The van der Waals surface area contributed by atoms with Gasteiger partial charge in [0.05, 0.1) is 6.61 Å². The van der Waals surface area contributed by atoms with Crippen molar-refractivity contribution in [3.05, 3.63) is 0 Å². The molecule has 0 bridgehead atoms. The molecule has 0 spiro atoms. The summed E-state index contributed by atoms with van der Waals surface area (Å²) in [6.07, 6.45) is -53.8. The summed E-state index contributed by atoms with van der Waals surface area (Å²) in [4.78, 5) is 0. The minimum Gasteiger partial charge on any atom is -0.381 e. The van der Waals surface area contributed by atoms with Crippen LogP contribution in [0.2, 0.25) is 0 Å². The van der Waals surface area contributed by atoms with Crippen molar-refractivity contribution in [3.8, 4) is 0 Å². The maximum absolute atomic E-state index is 15.4. The van der Waals surface area contributed by atoms with E-state index in [-0.39, 0.29) is 26.1 Å². The van der Waals surface area contributed by atoms with Gasteiger partial charge >= 0.3 is 143 Å². The molecule has 2 nitrogen and oxygen atoms in total. The van der Waals surface area contributed by atoms with Crippen molar-refractivity contribution in [1.82, 2.24) is 0 Å². The Morgan fingerprint density at radius 3 is 0.592 bits per heavy atom. The van der Waals surface area contributed by atoms with E-state index in [4.69, 9.17) is 9.47 Å². The molecule has 0 amide bonds. The summed E-state index contributed by atoms with van der Waals surface area (Å²) in [6, 6.07) is 0. The fraction of sp³-hybridized carbons (Fsp3) is 1.00. The van der Waals surface area contributed by atoms with Gasteiger partial charge in [-0.05, 0) is 56.8 Å². The number of hydrogen-bond acceptors (Lipinski definition) is 2.